The van der Waals surface area contributed by atoms with E-state index in [0.717, 1.165) is 12.1 Å². The Morgan fingerprint density at radius 2 is 1.68 bits per heavy atom. The van der Waals surface area contributed by atoms with Crippen LogP contribution in [-0.2, 0) is 0 Å². The third-order valence-electron chi connectivity index (χ3n) is 3.03. The van der Waals surface area contributed by atoms with Crippen LogP contribution in [0.5, 0.6) is 5.75 Å². The molecule has 0 radical (unpaired) electrons. The zero-order chi connectivity index (χ0) is 16.3. The molecule has 0 heterocycles. The van der Waals surface area contributed by atoms with E-state index in [1.165, 1.54) is 12.1 Å². The smallest absolute Gasteiger partial charge is 0.406 e. The summed E-state index contributed by atoms with van der Waals surface area (Å²) >= 11 is 5.77. The van der Waals surface area contributed by atoms with Crippen LogP contribution in [0.2, 0.25) is 5.02 Å². The molecule has 2 rings (SSSR count). The predicted octanol–water partition coefficient (Wildman–Crippen LogP) is 3.97. The highest BCUT2D eigenvalue weighted by atomic mass is 35.5. The van der Waals surface area contributed by atoms with E-state index in [4.69, 9.17) is 17.3 Å². The van der Waals surface area contributed by atoms with E-state index in [-0.39, 0.29) is 5.56 Å². The first kappa shape index (κ1) is 16.6. The molecule has 0 bridgehead atoms. The van der Waals surface area contributed by atoms with Gasteiger partial charge in [-0.1, -0.05) is 35.9 Å². The number of hydrogen-bond donors (Lipinski definition) is 2. The van der Waals surface area contributed by atoms with Crippen LogP contribution in [0, 0.1) is 0 Å². The fourth-order valence-electron chi connectivity index (χ4n) is 1.97. The average Bonchev–Trinajstić information content (AvgIpc) is 2.45. The van der Waals surface area contributed by atoms with Crippen molar-refractivity contribution in [3.05, 3.63) is 64.7 Å². The molecule has 0 unspecified atom stereocenters. The number of alkyl halides is 3. The second kappa shape index (κ2) is 6.56. The average molecular weight is 332 g/mol. The molecular weight excluding hydrogens is 319 g/mol. The summed E-state index contributed by atoms with van der Waals surface area (Å²) in [6, 6.07) is 10.8. The van der Waals surface area contributed by atoms with E-state index >= 15 is 0 Å². The predicted molar refractivity (Wildman–Crippen MR) is 76.5 cm³/mol. The van der Waals surface area contributed by atoms with Crippen molar-refractivity contribution >= 4 is 11.6 Å². The summed E-state index contributed by atoms with van der Waals surface area (Å²) in [5, 5.41) is 10.8. The molecule has 2 atom stereocenters. The Hall–Kier alpha value is -1.76. The number of benzene rings is 2. The van der Waals surface area contributed by atoms with Crippen LogP contribution in [0.15, 0.2) is 48.5 Å². The van der Waals surface area contributed by atoms with Crippen LogP contribution in [0.4, 0.5) is 13.2 Å². The summed E-state index contributed by atoms with van der Waals surface area (Å²) in [5.41, 5.74) is 6.78. The van der Waals surface area contributed by atoms with Gasteiger partial charge in [-0.3, -0.25) is 0 Å². The molecule has 118 valence electrons. The van der Waals surface area contributed by atoms with Gasteiger partial charge in [-0.05, 0) is 35.4 Å². The monoisotopic (exact) mass is 331 g/mol. The zero-order valence-corrected chi connectivity index (χ0v) is 12.0. The standard InChI is InChI=1S/C15H13ClF3NO2/c16-11-6-4-9(5-7-11)13(20)14(21)10-2-1-3-12(8-10)22-15(17,18)19/h1-8,13-14,21H,20H2/t13-,14-/m1/s1. The minimum absolute atomic E-state index is 0.226. The summed E-state index contributed by atoms with van der Waals surface area (Å²) in [4.78, 5) is 0. The van der Waals surface area contributed by atoms with Gasteiger partial charge in [0, 0.05) is 5.02 Å². The normalized spacial score (nSPS) is 14.5. The van der Waals surface area contributed by atoms with Crippen molar-refractivity contribution in [3.8, 4) is 5.75 Å². The van der Waals surface area contributed by atoms with Gasteiger partial charge in [0.05, 0.1) is 12.1 Å². The highest BCUT2D eigenvalue weighted by Gasteiger charge is 2.31. The fourth-order valence-corrected chi connectivity index (χ4v) is 2.10. The van der Waals surface area contributed by atoms with Gasteiger partial charge in [0.25, 0.3) is 0 Å². The van der Waals surface area contributed by atoms with E-state index in [1.54, 1.807) is 24.3 Å². The lowest BCUT2D eigenvalue weighted by Gasteiger charge is -2.20. The van der Waals surface area contributed by atoms with Gasteiger partial charge in [0.2, 0.25) is 0 Å². The lowest BCUT2D eigenvalue weighted by atomic mass is 9.96. The lowest BCUT2D eigenvalue weighted by Crippen LogP contribution is -2.20. The third kappa shape index (κ3) is 4.37. The van der Waals surface area contributed by atoms with Crippen LogP contribution in [0.1, 0.15) is 23.3 Å². The molecule has 3 nitrogen and oxygen atoms in total. The van der Waals surface area contributed by atoms with E-state index in [2.05, 4.69) is 4.74 Å². The molecule has 2 aromatic carbocycles. The maximum absolute atomic E-state index is 12.2. The van der Waals surface area contributed by atoms with Gasteiger partial charge in [0.15, 0.2) is 0 Å². The van der Waals surface area contributed by atoms with Crippen LogP contribution in [-0.4, -0.2) is 11.5 Å². The number of aliphatic hydroxyl groups is 1. The Morgan fingerprint density at radius 1 is 1.05 bits per heavy atom. The van der Waals surface area contributed by atoms with Crippen LogP contribution >= 0.6 is 11.6 Å². The molecule has 0 fully saturated rings. The summed E-state index contributed by atoms with van der Waals surface area (Å²) in [6.07, 6.45) is -5.97. The SMILES string of the molecule is N[C@H](c1ccc(Cl)cc1)[C@H](O)c1cccc(OC(F)(F)F)c1. The van der Waals surface area contributed by atoms with Gasteiger partial charge in [-0.25, -0.2) is 0 Å². The van der Waals surface area contributed by atoms with E-state index in [0.29, 0.717) is 10.6 Å². The molecule has 22 heavy (non-hydrogen) atoms. The van der Waals surface area contributed by atoms with Crippen LogP contribution < -0.4 is 10.5 Å². The van der Waals surface area contributed by atoms with Crippen LogP contribution in [0.25, 0.3) is 0 Å². The molecule has 0 amide bonds. The maximum Gasteiger partial charge on any atom is 0.573 e. The summed E-state index contributed by atoms with van der Waals surface area (Å²) < 4.78 is 40.5. The third-order valence-corrected chi connectivity index (χ3v) is 3.28. The first-order chi connectivity index (χ1) is 10.3. The highest BCUT2D eigenvalue weighted by Crippen LogP contribution is 2.31. The molecule has 0 spiro atoms. The first-order valence-corrected chi connectivity index (χ1v) is 6.69. The van der Waals surface area contributed by atoms with Gasteiger partial charge in [0.1, 0.15) is 5.75 Å². The van der Waals surface area contributed by atoms with E-state index in [1.807, 2.05) is 0 Å². The Balaban J connectivity index is 2.19. The molecule has 7 heteroatoms. The fraction of sp³-hybridized carbons (Fsp3) is 0.200. The maximum atomic E-state index is 12.2. The highest BCUT2D eigenvalue weighted by molar-refractivity contribution is 6.30. The van der Waals surface area contributed by atoms with E-state index < -0.39 is 24.3 Å². The molecule has 0 saturated carbocycles. The number of ether oxygens (including phenoxy) is 1. The second-order valence-electron chi connectivity index (χ2n) is 4.64. The minimum atomic E-state index is -4.79. The Morgan fingerprint density at radius 3 is 2.27 bits per heavy atom. The largest absolute Gasteiger partial charge is 0.573 e. The summed E-state index contributed by atoms with van der Waals surface area (Å²) in [6.45, 7) is 0. The van der Waals surface area contributed by atoms with E-state index in [9.17, 15) is 18.3 Å². The van der Waals surface area contributed by atoms with Gasteiger partial charge in [-0.2, -0.15) is 0 Å². The summed E-state index contributed by atoms with van der Waals surface area (Å²) in [7, 11) is 0. The molecule has 0 aromatic heterocycles. The first-order valence-electron chi connectivity index (χ1n) is 6.31. The van der Waals surface area contributed by atoms with Crippen LogP contribution in [0.3, 0.4) is 0 Å². The number of rotatable bonds is 4. The molecule has 0 saturated heterocycles. The molecular formula is C15H13ClF3NO2. The molecule has 3 N–H and O–H groups in total. The Kier molecular flexibility index (Phi) is 4.95. The number of hydrogen-bond acceptors (Lipinski definition) is 3. The molecule has 0 aliphatic heterocycles. The number of nitrogens with two attached hydrogens (primary N) is 1. The number of aliphatic hydroxyl groups excluding tert-OH is 1. The summed E-state index contributed by atoms with van der Waals surface area (Å²) in [5.74, 6) is -0.410. The van der Waals surface area contributed by atoms with Crippen molar-refractivity contribution in [3.63, 3.8) is 0 Å². The zero-order valence-electron chi connectivity index (χ0n) is 11.2. The minimum Gasteiger partial charge on any atom is -0.406 e. The van der Waals surface area contributed by atoms with Gasteiger partial charge in [-0.15, -0.1) is 13.2 Å². The number of halogens is 4. The molecule has 2 aromatic rings. The van der Waals surface area contributed by atoms with Crippen molar-refractivity contribution in [2.24, 2.45) is 5.73 Å². The Bertz CT molecular complexity index is 631. The van der Waals surface area contributed by atoms with Crippen molar-refractivity contribution in [2.45, 2.75) is 18.5 Å². The lowest BCUT2D eigenvalue weighted by molar-refractivity contribution is -0.274. The second-order valence-corrected chi connectivity index (χ2v) is 5.08. The quantitative estimate of drug-likeness (QED) is 0.891. The van der Waals surface area contributed by atoms with Crippen molar-refractivity contribution in [2.75, 3.05) is 0 Å². The van der Waals surface area contributed by atoms with Gasteiger partial charge < -0.3 is 15.6 Å². The topological polar surface area (TPSA) is 55.5 Å². The van der Waals surface area contributed by atoms with Crippen molar-refractivity contribution in [1.82, 2.24) is 0 Å². The van der Waals surface area contributed by atoms with Crippen molar-refractivity contribution < 1.29 is 23.0 Å². The van der Waals surface area contributed by atoms with Crippen molar-refractivity contribution in [1.29, 1.82) is 0 Å². The molecule has 0 aliphatic carbocycles. The van der Waals surface area contributed by atoms with Gasteiger partial charge >= 0.3 is 6.36 Å². The molecule has 0 aliphatic rings. The Labute approximate surface area is 130 Å².